The maximum atomic E-state index is 13.3. The number of benzene rings is 3. The number of anilines is 1. The van der Waals surface area contributed by atoms with Crippen LogP contribution in [0.25, 0.3) is 22.5 Å². The molecule has 0 saturated carbocycles. The number of hydrogen-bond donors (Lipinski definition) is 2. The minimum atomic E-state index is -0.288. The number of fused-ring (bicyclic) bond motifs is 4. The Hall–Kier alpha value is -4.00. The van der Waals surface area contributed by atoms with E-state index in [1.165, 1.54) is 34.4 Å². The second kappa shape index (κ2) is 7.85. The van der Waals surface area contributed by atoms with Gasteiger partial charge in [0.15, 0.2) is 5.82 Å². The van der Waals surface area contributed by atoms with Crippen molar-refractivity contribution in [1.29, 1.82) is 0 Å². The highest BCUT2D eigenvalue weighted by Crippen LogP contribution is 2.37. The van der Waals surface area contributed by atoms with Crippen molar-refractivity contribution in [3.63, 3.8) is 0 Å². The van der Waals surface area contributed by atoms with Gasteiger partial charge in [0, 0.05) is 30.3 Å². The predicted octanol–water partition coefficient (Wildman–Crippen LogP) is 4.79. The fourth-order valence-electron chi connectivity index (χ4n) is 4.83. The monoisotopic (exact) mass is 439 g/mol. The van der Waals surface area contributed by atoms with Gasteiger partial charge in [-0.05, 0) is 71.5 Å². The van der Waals surface area contributed by atoms with Crippen LogP contribution < -0.4 is 10.6 Å². The van der Waals surface area contributed by atoms with Gasteiger partial charge in [-0.2, -0.15) is 0 Å². The maximum Gasteiger partial charge on any atom is 0.319 e. The highest BCUT2D eigenvalue weighted by atomic mass is 19.1. The van der Waals surface area contributed by atoms with Gasteiger partial charge < -0.3 is 15.2 Å². The van der Waals surface area contributed by atoms with Crippen molar-refractivity contribution >= 4 is 11.7 Å². The molecule has 164 valence electrons. The van der Waals surface area contributed by atoms with E-state index in [1.54, 1.807) is 12.1 Å². The van der Waals surface area contributed by atoms with Crippen LogP contribution in [0.1, 0.15) is 23.4 Å². The zero-order valence-electron chi connectivity index (χ0n) is 17.9. The Morgan fingerprint density at radius 3 is 2.67 bits per heavy atom. The van der Waals surface area contributed by atoms with Gasteiger partial charge in [-0.3, -0.25) is 0 Å². The highest BCUT2D eigenvalue weighted by Gasteiger charge is 2.25. The van der Waals surface area contributed by atoms with Crippen molar-refractivity contribution in [2.75, 3.05) is 5.32 Å². The van der Waals surface area contributed by atoms with Crippen LogP contribution in [0.4, 0.5) is 14.9 Å². The fourth-order valence-corrected chi connectivity index (χ4v) is 4.83. The molecule has 0 bridgehead atoms. The molecule has 1 unspecified atom stereocenters. The van der Waals surface area contributed by atoms with E-state index in [9.17, 15) is 9.18 Å². The van der Waals surface area contributed by atoms with E-state index in [1.807, 2.05) is 10.6 Å². The number of hydrogen-bond acceptors (Lipinski definition) is 3. The Morgan fingerprint density at radius 1 is 0.970 bits per heavy atom. The molecule has 2 heterocycles. The molecule has 2 amide bonds. The van der Waals surface area contributed by atoms with Gasteiger partial charge in [0.1, 0.15) is 11.6 Å². The summed E-state index contributed by atoms with van der Waals surface area (Å²) in [7, 11) is 0. The molecule has 0 saturated heterocycles. The van der Waals surface area contributed by atoms with Crippen LogP contribution in [0.2, 0.25) is 0 Å². The molecular weight excluding hydrogens is 417 g/mol. The third kappa shape index (κ3) is 3.65. The summed E-state index contributed by atoms with van der Waals surface area (Å²) >= 11 is 0. The number of nitrogens with one attached hydrogen (secondary N) is 2. The minimum Gasteiger partial charge on any atom is -0.333 e. The van der Waals surface area contributed by atoms with Crippen molar-refractivity contribution < 1.29 is 9.18 Å². The Bertz CT molecular complexity index is 1360. The summed E-state index contributed by atoms with van der Waals surface area (Å²) in [6, 6.07) is 20.4. The molecule has 0 spiro atoms. The van der Waals surface area contributed by atoms with E-state index in [0.29, 0.717) is 12.4 Å². The van der Waals surface area contributed by atoms with Gasteiger partial charge >= 0.3 is 6.03 Å². The molecule has 4 aromatic rings. The molecule has 1 atom stereocenters. The normalized spacial score (nSPS) is 16.0. The molecule has 1 aliphatic carbocycles. The van der Waals surface area contributed by atoms with E-state index < -0.39 is 0 Å². The molecular formula is C26H22FN5O. The lowest BCUT2D eigenvalue weighted by Gasteiger charge is -2.25. The summed E-state index contributed by atoms with van der Waals surface area (Å²) < 4.78 is 15.3. The molecule has 6 rings (SSSR count). The molecule has 1 aromatic heterocycles. The maximum absolute atomic E-state index is 13.3. The van der Waals surface area contributed by atoms with Crippen LogP contribution in [0, 0.1) is 5.82 Å². The van der Waals surface area contributed by atoms with E-state index in [0.717, 1.165) is 36.3 Å². The number of amides is 2. The largest absolute Gasteiger partial charge is 0.333 e. The zero-order chi connectivity index (χ0) is 22.4. The van der Waals surface area contributed by atoms with E-state index in [-0.39, 0.29) is 17.9 Å². The highest BCUT2D eigenvalue weighted by molar-refractivity contribution is 5.90. The Labute approximate surface area is 190 Å². The molecule has 2 aliphatic rings. The van der Waals surface area contributed by atoms with Gasteiger partial charge in [0.2, 0.25) is 0 Å². The number of aryl methyl sites for hydroxylation is 1. The summed E-state index contributed by atoms with van der Waals surface area (Å²) in [4.78, 5) is 12.7. The van der Waals surface area contributed by atoms with E-state index in [2.05, 4.69) is 57.2 Å². The number of urea groups is 1. The van der Waals surface area contributed by atoms with Crippen LogP contribution in [0.15, 0.2) is 66.7 Å². The number of halogens is 1. The van der Waals surface area contributed by atoms with Crippen molar-refractivity contribution in [2.45, 2.75) is 31.8 Å². The molecule has 3 aromatic carbocycles. The number of aromatic nitrogens is 3. The molecule has 1 aliphatic heterocycles. The number of nitrogens with zero attached hydrogens (tertiary/aromatic N) is 3. The lowest BCUT2D eigenvalue weighted by molar-refractivity contribution is 0.244. The smallest absolute Gasteiger partial charge is 0.319 e. The average molecular weight is 439 g/mol. The Morgan fingerprint density at radius 2 is 1.79 bits per heavy atom. The quantitative estimate of drug-likeness (QED) is 0.425. The number of carbonyl (C=O) groups excluding carboxylic acids is 1. The molecule has 33 heavy (non-hydrogen) atoms. The Balaban J connectivity index is 1.14. The lowest BCUT2D eigenvalue weighted by Crippen LogP contribution is -2.43. The molecule has 7 heteroatoms. The summed E-state index contributed by atoms with van der Waals surface area (Å²) in [5, 5.41) is 14.6. The molecule has 2 N–H and O–H groups in total. The second-order valence-electron chi connectivity index (χ2n) is 8.60. The minimum absolute atomic E-state index is 0.0496. The summed E-state index contributed by atoms with van der Waals surface area (Å²) in [6.07, 6.45) is 2.39. The molecule has 6 nitrogen and oxygen atoms in total. The first-order valence-electron chi connectivity index (χ1n) is 11.1. The average Bonchev–Trinajstić information content (AvgIpc) is 3.40. The Kier molecular flexibility index (Phi) is 4.68. The van der Waals surface area contributed by atoms with Crippen LogP contribution in [0.3, 0.4) is 0 Å². The first-order chi connectivity index (χ1) is 16.1. The van der Waals surface area contributed by atoms with Crippen molar-refractivity contribution in [3.05, 3.63) is 89.5 Å². The van der Waals surface area contributed by atoms with Gasteiger partial charge in [-0.1, -0.05) is 30.3 Å². The van der Waals surface area contributed by atoms with E-state index in [4.69, 9.17) is 0 Å². The van der Waals surface area contributed by atoms with Gasteiger partial charge in [0.05, 0.1) is 0 Å². The standard InChI is InChI=1S/C26H22FN5O/c27-19-7-5-16(6-8-19)25-31-30-24-12-10-21(15-32(24)25)29-26(33)28-20-9-11-23-18(14-20)13-17-3-1-2-4-22(17)23/h1-9,11,14,21H,10,12-13,15H2,(H2,28,29,33). The van der Waals surface area contributed by atoms with Crippen LogP contribution in [-0.2, 0) is 19.4 Å². The summed E-state index contributed by atoms with van der Waals surface area (Å²) in [5.41, 5.74) is 6.64. The first kappa shape index (κ1) is 19.7. The van der Waals surface area contributed by atoms with Gasteiger partial charge in [-0.25, -0.2) is 9.18 Å². The summed E-state index contributed by atoms with van der Waals surface area (Å²) in [5.74, 6) is 1.28. The second-order valence-corrected chi connectivity index (χ2v) is 8.60. The predicted molar refractivity (Wildman–Crippen MR) is 124 cm³/mol. The zero-order valence-corrected chi connectivity index (χ0v) is 17.9. The molecule has 0 radical (unpaired) electrons. The van der Waals surface area contributed by atoms with Gasteiger partial charge in [0.25, 0.3) is 0 Å². The number of rotatable bonds is 3. The summed E-state index contributed by atoms with van der Waals surface area (Å²) in [6.45, 7) is 0.571. The first-order valence-corrected chi connectivity index (χ1v) is 11.1. The van der Waals surface area contributed by atoms with Crippen LogP contribution >= 0.6 is 0 Å². The SMILES string of the molecule is O=C(Nc1ccc2c(c1)Cc1ccccc1-2)NC1CCc2nnc(-c3ccc(F)cc3)n2C1. The van der Waals surface area contributed by atoms with E-state index >= 15 is 0 Å². The lowest BCUT2D eigenvalue weighted by atomic mass is 10.1. The van der Waals surface area contributed by atoms with Crippen molar-refractivity contribution in [2.24, 2.45) is 0 Å². The van der Waals surface area contributed by atoms with Crippen molar-refractivity contribution in [3.8, 4) is 22.5 Å². The molecule has 0 fully saturated rings. The number of carbonyl (C=O) groups is 1. The third-order valence-corrected chi connectivity index (χ3v) is 6.44. The van der Waals surface area contributed by atoms with Crippen LogP contribution in [-0.4, -0.2) is 26.8 Å². The fraction of sp³-hybridized carbons (Fsp3) is 0.192. The third-order valence-electron chi connectivity index (χ3n) is 6.44. The van der Waals surface area contributed by atoms with Crippen molar-refractivity contribution in [1.82, 2.24) is 20.1 Å². The topological polar surface area (TPSA) is 71.8 Å². The van der Waals surface area contributed by atoms with Crippen LogP contribution in [0.5, 0.6) is 0 Å². The van der Waals surface area contributed by atoms with Gasteiger partial charge in [-0.15, -0.1) is 10.2 Å².